The maximum absolute atomic E-state index is 14.8. The van der Waals surface area contributed by atoms with Crippen LogP contribution in [0.1, 0.15) is 34.3 Å². The van der Waals surface area contributed by atoms with E-state index in [-0.39, 0.29) is 43.3 Å². The Hall–Kier alpha value is -3.92. The molecule has 0 bridgehead atoms. The molecule has 1 aliphatic heterocycles. The number of carbonyl (C=O) groups excluding carboxylic acids is 3. The first kappa shape index (κ1) is 34.0. The first-order chi connectivity index (χ1) is 20.9. The average molecular weight is 648 g/mol. The van der Waals surface area contributed by atoms with Gasteiger partial charge in [-0.25, -0.2) is 9.18 Å². The zero-order chi connectivity index (χ0) is 33.4. The minimum absolute atomic E-state index is 0.0397. The fourth-order valence-corrected chi connectivity index (χ4v) is 5.15. The number of aliphatic hydroxyl groups is 1. The molecule has 246 valence electrons. The molecular formula is C29H32F7N5O4. The Bertz CT molecular complexity index is 1400. The normalized spacial score (nSPS) is 17.1. The molecule has 1 heterocycles. The zero-order valence-electron chi connectivity index (χ0n) is 24.4. The summed E-state index contributed by atoms with van der Waals surface area (Å²) >= 11 is 0. The van der Waals surface area contributed by atoms with Crippen molar-refractivity contribution >= 4 is 23.5 Å². The van der Waals surface area contributed by atoms with Crippen LogP contribution in [0, 0.1) is 11.2 Å². The largest absolute Gasteiger partial charge is 0.430 e. The van der Waals surface area contributed by atoms with Crippen molar-refractivity contribution in [3.63, 3.8) is 0 Å². The van der Waals surface area contributed by atoms with Gasteiger partial charge in [0.15, 0.2) is 0 Å². The quantitative estimate of drug-likeness (QED) is 0.375. The monoisotopic (exact) mass is 647 g/mol. The highest BCUT2D eigenvalue weighted by molar-refractivity contribution is 5.96. The summed E-state index contributed by atoms with van der Waals surface area (Å²) in [6.07, 6.45) is -10.7. The van der Waals surface area contributed by atoms with Gasteiger partial charge in [-0.15, -0.1) is 0 Å². The number of anilines is 1. The molecule has 1 saturated heterocycles. The van der Waals surface area contributed by atoms with Gasteiger partial charge >= 0.3 is 18.4 Å². The summed E-state index contributed by atoms with van der Waals surface area (Å²) < 4.78 is 93.5. The van der Waals surface area contributed by atoms with Crippen LogP contribution in [0.15, 0.2) is 42.5 Å². The molecule has 1 saturated carbocycles. The summed E-state index contributed by atoms with van der Waals surface area (Å²) in [5.74, 6) is -1.41. The van der Waals surface area contributed by atoms with Crippen LogP contribution in [-0.2, 0) is 16.9 Å². The number of halogens is 7. The number of amides is 4. The summed E-state index contributed by atoms with van der Waals surface area (Å²) in [4.78, 5) is 42.3. The van der Waals surface area contributed by atoms with Crippen molar-refractivity contribution in [2.24, 2.45) is 5.41 Å². The van der Waals surface area contributed by atoms with E-state index >= 15 is 0 Å². The molecule has 4 amide bonds. The second-order valence-corrected chi connectivity index (χ2v) is 11.5. The number of piperazine rings is 1. The molecule has 1 aliphatic carbocycles. The third-order valence-electron chi connectivity index (χ3n) is 8.02. The third kappa shape index (κ3) is 7.16. The molecule has 2 aromatic rings. The van der Waals surface area contributed by atoms with Gasteiger partial charge in [-0.05, 0) is 36.6 Å². The van der Waals surface area contributed by atoms with E-state index in [0.29, 0.717) is 43.6 Å². The SMILES string of the molecule is CN(C)C(=O)C1(CNC(=O)Nc2ccc(C(=O)N3CCN(Cc4ccc(C(O)(C(F)(F)F)C(F)(F)F)cc4)CC3)cc2F)CC1. The zero-order valence-corrected chi connectivity index (χ0v) is 24.4. The van der Waals surface area contributed by atoms with Gasteiger partial charge in [0.2, 0.25) is 5.91 Å². The molecule has 3 N–H and O–H groups in total. The molecule has 2 fully saturated rings. The van der Waals surface area contributed by atoms with E-state index in [4.69, 9.17) is 0 Å². The highest BCUT2D eigenvalue weighted by Crippen LogP contribution is 2.50. The Balaban J connectivity index is 1.29. The Morgan fingerprint density at radius 3 is 1.98 bits per heavy atom. The number of urea groups is 1. The molecule has 16 heteroatoms. The van der Waals surface area contributed by atoms with E-state index in [0.717, 1.165) is 18.2 Å². The highest BCUT2D eigenvalue weighted by atomic mass is 19.4. The third-order valence-corrected chi connectivity index (χ3v) is 8.02. The van der Waals surface area contributed by atoms with Gasteiger partial charge in [-0.1, -0.05) is 24.3 Å². The number of nitrogens with zero attached hydrogens (tertiary/aromatic N) is 3. The lowest BCUT2D eigenvalue weighted by atomic mass is 9.91. The van der Waals surface area contributed by atoms with Crippen molar-refractivity contribution in [3.05, 3.63) is 65.0 Å². The second kappa shape index (κ2) is 12.5. The van der Waals surface area contributed by atoms with Crippen molar-refractivity contribution in [2.45, 2.75) is 37.3 Å². The van der Waals surface area contributed by atoms with Gasteiger partial charge in [-0.2, -0.15) is 26.3 Å². The molecule has 4 rings (SSSR count). The van der Waals surface area contributed by atoms with E-state index in [1.165, 1.54) is 21.9 Å². The van der Waals surface area contributed by atoms with Crippen LogP contribution in [0.2, 0.25) is 0 Å². The van der Waals surface area contributed by atoms with E-state index < -0.39 is 46.7 Å². The Morgan fingerprint density at radius 1 is 0.911 bits per heavy atom. The topological polar surface area (TPSA) is 105 Å². The average Bonchev–Trinajstić information content (AvgIpc) is 3.76. The number of nitrogens with one attached hydrogen (secondary N) is 2. The van der Waals surface area contributed by atoms with Gasteiger partial charge in [0, 0.05) is 64.5 Å². The lowest BCUT2D eigenvalue weighted by Crippen LogP contribution is -2.53. The molecule has 9 nitrogen and oxygen atoms in total. The first-order valence-electron chi connectivity index (χ1n) is 13.9. The molecular weight excluding hydrogens is 615 g/mol. The molecule has 45 heavy (non-hydrogen) atoms. The highest BCUT2D eigenvalue weighted by Gasteiger charge is 2.71. The predicted molar refractivity (Wildman–Crippen MR) is 147 cm³/mol. The van der Waals surface area contributed by atoms with Crippen LogP contribution in [0.3, 0.4) is 0 Å². The van der Waals surface area contributed by atoms with E-state index in [1.807, 2.05) is 4.90 Å². The van der Waals surface area contributed by atoms with Crippen LogP contribution in [0.5, 0.6) is 0 Å². The second-order valence-electron chi connectivity index (χ2n) is 11.5. The molecule has 0 aromatic heterocycles. The Kier molecular flexibility index (Phi) is 9.41. The minimum atomic E-state index is -5.97. The van der Waals surface area contributed by atoms with Gasteiger partial charge < -0.3 is 25.5 Å². The molecule has 0 unspecified atom stereocenters. The summed E-state index contributed by atoms with van der Waals surface area (Å²) in [7, 11) is 3.25. The van der Waals surface area contributed by atoms with Gasteiger partial charge in [-0.3, -0.25) is 14.5 Å². The number of alkyl halides is 6. The van der Waals surface area contributed by atoms with Gasteiger partial charge in [0.1, 0.15) is 5.82 Å². The van der Waals surface area contributed by atoms with Crippen LogP contribution < -0.4 is 10.6 Å². The van der Waals surface area contributed by atoms with E-state index in [2.05, 4.69) is 10.6 Å². The van der Waals surface area contributed by atoms with Crippen molar-refractivity contribution in [1.29, 1.82) is 0 Å². The summed E-state index contributed by atoms with van der Waals surface area (Å²) in [5, 5.41) is 14.5. The molecule has 2 aliphatic rings. The predicted octanol–water partition coefficient (Wildman–Crippen LogP) is 4.09. The lowest BCUT2D eigenvalue weighted by molar-refractivity contribution is -0.376. The number of hydrogen-bond acceptors (Lipinski definition) is 5. The summed E-state index contributed by atoms with van der Waals surface area (Å²) in [6, 6.07) is 6.21. The van der Waals surface area contributed by atoms with Gasteiger partial charge in [0.25, 0.3) is 11.5 Å². The van der Waals surface area contributed by atoms with E-state index in [9.17, 15) is 50.2 Å². The molecule has 2 aromatic carbocycles. The Labute approximate surface area is 253 Å². The van der Waals surface area contributed by atoms with Gasteiger partial charge in [0.05, 0.1) is 11.1 Å². The summed E-state index contributed by atoms with van der Waals surface area (Å²) in [6.45, 7) is 1.35. The summed E-state index contributed by atoms with van der Waals surface area (Å²) in [5.41, 5.74) is -6.72. The van der Waals surface area contributed by atoms with E-state index in [1.54, 1.807) is 14.1 Å². The van der Waals surface area contributed by atoms with Crippen molar-refractivity contribution in [1.82, 2.24) is 20.0 Å². The maximum atomic E-state index is 14.8. The minimum Gasteiger partial charge on any atom is -0.369 e. The van der Waals surface area contributed by atoms with Crippen LogP contribution in [0.4, 0.5) is 41.2 Å². The van der Waals surface area contributed by atoms with Crippen molar-refractivity contribution in [3.8, 4) is 0 Å². The molecule has 0 atom stereocenters. The fourth-order valence-electron chi connectivity index (χ4n) is 5.15. The smallest absolute Gasteiger partial charge is 0.369 e. The van der Waals surface area contributed by atoms with Crippen LogP contribution >= 0.6 is 0 Å². The number of carbonyl (C=O) groups is 3. The Morgan fingerprint density at radius 2 is 1.49 bits per heavy atom. The number of benzene rings is 2. The first-order valence-corrected chi connectivity index (χ1v) is 13.9. The fraction of sp³-hybridized carbons (Fsp3) is 0.483. The van der Waals surface area contributed by atoms with Crippen LogP contribution in [0.25, 0.3) is 0 Å². The van der Waals surface area contributed by atoms with Crippen LogP contribution in [-0.4, -0.2) is 96.8 Å². The maximum Gasteiger partial charge on any atom is 0.430 e. The van der Waals surface area contributed by atoms with Crippen molar-refractivity contribution in [2.75, 3.05) is 52.1 Å². The molecule has 0 radical (unpaired) electrons. The van der Waals surface area contributed by atoms with Crippen molar-refractivity contribution < 1.29 is 50.2 Å². The standard InChI is InChI=1S/C29H32F7N5O4/c1-39(2)24(43)26(9-10-26)17-37-25(44)38-22-8-5-19(15-21(22)30)23(42)41-13-11-40(12-14-41)16-18-3-6-20(7-4-18)27(45,28(31,32)33)29(34,35)36/h3-8,15,45H,9-14,16-17H2,1-2H3,(H2,37,38,44). The number of rotatable bonds is 8. The lowest BCUT2D eigenvalue weighted by Gasteiger charge is -2.35. The molecule has 0 spiro atoms. The number of hydrogen-bond donors (Lipinski definition) is 3.